The lowest BCUT2D eigenvalue weighted by atomic mass is 10.3. The van der Waals surface area contributed by atoms with Gasteiger partial charge in [-0.15, -0.1) is 5.10 Å². The number of halogens is 2. The molecule has 0 radical (unpaired) electrons. The van der Waals surface area contributed by atoms with Crippen molar-refractivity contribution in [2.24, 2.45) is 0 Å². The Morgan fingerprint density at radius 3 is 3.00 bits per heavy atom. The van der Waals surface area contributed by atoms with E-state index in [0.717, 1.165) is 5.69 Å². The molecule has 0 bridgehead atoms. The first-order chi connectivity index (χ1) is 11.1. The van der Waals surface area contributed by atoms with Crippen molar-refractivity contribution < 1.29 is 4.39 Å². The average molecular weight is 336 g/mol. The van der Waals surface area contributed by atoms with Crippen molar-refractivity contribution in [3.63, 3.8) is 0 Å². The van der Waals surface area contributed by atoms with Crippen LogP contribution in [0.2, 0.25) is 5.02 Å². The van der Waals surface area contributed by atoms with E-state index < -0.39 is 5.82 Å². The molecule has 0 spiro atoms. The van der Waals surface area contributed by atoms with E-state index in [0.29, 0.717) is 18.8 Å². The minimum atomic E-state index is -0.459. The van der Waals surface area contributed by atoms with Crippen LogP contribution in [0, 0.1) is 5.82 Å². The molecule has 1 unspecified atom stereocenters. The van der Waals surface area contributed by atoms with Gasteiger partial charge >= 0.3 is 0 Å². The lowest BCUT2D eigenvalue weighted by molar-refractivity contribution is 0.447. The molecule has 7 nitrogen and oxygen atoms in total. The van der Waals surface area contributed by atoms with Crippen molar-refractivity contribution in [2.45, 2.75) is 26.1 Å². The zero-order valence-corrected chi connectivity index (χ0v) is 13.2. The van der Waals surface area contributed by atoms with Gasteiger partial charge < -0.3 is 5.32 Å². The Kier molecular flexibility index (Phi) is 4.63. The minimum absolute atomic E-state index is 0.0547. The third-order valence-corrected chi connectivity index (χ3v) is 3.56. The van der Waals surface area contributed by atoms with E-state index in [1.807, 2.05) is 6.92 Å². The Balaban J connectivity index is 1.59. The van der Waals surface area contributed by atoms with Gasteiger partial charge in [-0.2, -0.15) is 5.10 Å². The normalized spacial score (nSPS) is 12.5. The van der Waals surface area contributed by atoms with E-state index in [1.54, 1.807) is 28.0 Å². The molecular weight excluding hydrogens is 321 g/mol. The number of nitrogens with zero attached hydrogens (tertiary/aromatic N) is 6. The van der Waals surface area contributed by atoms with Crippen LogP contribution in [0.4, 0.5) is 4.39 Å². The summed E-state index contributed by atoms with van der Waals surface area (Å²) in [5.74, 6) is -0.459. The van der Waals surface area contributed by atoms with Gasteiger partial charge in [0.2, 0.25) is 0 Å². The monoisotopic (exact) mass is 335 g/mol. The van der Waals surface area contributed by atoms with Gasteiger partial charge in [0.05, 0.1) is 29.1 Å². The molecule has 0 amide bonds. The molecule has 23 heavy (non-hydrogen) atoms. The molecule has 0 saturated heterocycles. The average Bonchev–Trinajstić information content (AvgIpc) is 3.19. The summed E-state index contributed by atoms with van der Waals surface area (Å²) >= 11 is 5.78. The highest BCUT2D eigenvalue weighted by molar-refractivity contribution is 6.30. The van der Waals surface area contributed by atoms with Crippen LogP contribution in [0.25, 0.3) is 5.69 Å². The van der Waals surface area contributed by atoms with E-state index in [9.17, 15) is 4.39 Å². The number of benzene rings is 1. The zero-order chi connectivity index (χ0) is 16.2. The molecule has 2 heterocycles. The number of nitrogens with one attached hydrogen (secondary N) is 1. The van der Waals surface area contributed by atoms with Gasteiger partial charge in [0.1, 0.15) is 18.5 Å². The lowest BCUT2D eigenvalue weighted by Crippen LogP contribution is -2.30. The minimum Gasteiger partial charge on any atom is -0.307 e. The molecule has 1 aromatic carbocycles. The Morgan fingerprint density at radius 2 is 2.26 bits per heavy atom. The van der Waals surface area contributed by atoms with Gasteiger partial charge in [0.15, 0.2) is 0 Å². The Bertz CT molecular complexity index is 771. The highest BCUT2D eigenvalue weighted by Gasteiger charge is 2.08. The Hall–Kier alpha value is -2.32. The Labute approximate surface area is 137 Å². The van der Waals surface area contributed by atoms with E-state index >= 15 is 0 Å². The summed E-state index contributed by atoms with van der Waals surface area (Å²) in [6.45, 7) is 3.32. The lowest BCUT2D eigenvalue weighted by Gasteiger charge is -2.11. The van der Waals surface area contributed by atoms with E-state index in [-0.39, 0.29) is 11.1 Å². The molecule has 0 aliphatic rings. The van der Waals surface area contributed by atoms with Crippen LogP contribution in [-0.2, 0) is 13.1 Å². The van der Waals surface area contributed by atoms with E-state index in [4.69, 9.17) is 11.6 Å². The maximum absolute atomic E-state index is 13.2. The van der Waals surface area contributed by atoms with Crippen molar-refractivity contribution >= 4 is 11.6 Å². The second-order valence-electron chi connectivity index (χ2n) is 5.15. The second kappa shape index (κ2) is 6.84. The fourth-order valence-electron chi connectivity index (χ4n) is 2.08. The van der Waals surface area contributed by atoms with Crippen LogP contribution < -0.4 is 5.32 Å². The van der Waals surface area contributed by atoms with Gasteiger partial charge in [-0.25, -0.2) is 14.1 Å². The maximum Gasteiger partial charge on any atom is 0.141 e. The molecule has 1 atom stereocenters. The van der Waals surface area contributed by atoms with E-state index in [1.165, 1.54) is 18.5 Å². The molecule has 0 fully saturated rings. The molecule has 3 aromatic rings. The number of rotatable bonds is 6. The highest BCUT2D eigenvalue weighted by atomic mass is 35.5. The first-order valence-electron chi connectivity index (χ1n) is 7.04. The molecule has 120 valence electrons. The van der Waals surface area contributed by atoms with Crippen molar-refractivity contribution in [2.75, 3.05) is 0 Å². The van der Waals surface area contributed by atoms with Crippen molar-refractivity contribution in [1.82, 2.24) is 35.1 Å². The first-order valence-corrected chi connectivity index (χ1v) is 7.42. The number of aromatic nitrogens is 6. The second-order valence-corrected chi connectivity index (χ2v) is 5.56. The maximum atomic E-state index is 13.2. The standard InChI is InChI=1S/C14H15ClFN7/c1-10(6-22-9-17-8-19-22)18-5-11-7-23(21-20-11)12-2-3-14(16)13(15)4-12/h2-4,7-10,18H,5-6H2,1H3. The van der Waals surface area contributed by atoms with Crippen LogP contribution in [0.1, 0.15) is 12.6 Å². The number of hydrogen-bond donors (Lipinski definition) is 1. The predicted molar refractivity (Wildman–Crippen MR) is 82.7 cm³/mol. The largest absolute Gasteiger partial charge is 0.307 e. The molecular formula is C14H15ClFN7. The summed E-state index contributed by atoms with van der Waals surface area (Å²) in [7, 11) is 0. The van der Waals surface area contributed by atoms with Crippen LogP contribution in [0.5, 0.6) is 0 Å². The molecule has 9 heteroatoms. The summed E-state index contributed by atoms with van der Waals surface area (Å²) in [4.78, 5) is 3.90. The molecule has 2 aromatic heterocycles. The summed E-state index contributed by atoms with van der Waals surface area (Å²) in [5, 5.41) is 15.6. The van der Waals surface area contributed by atoms with Crippen molar-refractivity contribution in [1.29, 1.82) is 0 Å². The van der Waals surface area contributed by atoms with Crippen LogP contribution in [0.15, 0.2) is 37.1 Å². The summed E-state index contributed by atoms with van der Waals surface area (Å²) in [6, 6.07) is 4.61. The fraction of sp³-hybridized carbons (Fsp3) is 0.286. The smallest absolute Gasteiger partial charge is 0.141 e. The van der Waals surface area contributed by atoms with Gasteiger partial charge in [-0.3, -0.25) is 4.68 Å². The van der Waals surface area contributed by atoms with Crippen molar-refractivity contribution in [3.8, 4) is 5.69 Å². The summed E-state index contributed by atoms with van der Waals surface area (Å²) in [5.41, 5.74) is 1.43. The topological polar surface area (TPSA) is 73.5 Å². The summed E-state index contributed by atoms with van der Waals surface area (Å²) in [6.07, 6.45) is 4.96. The highest BCUT2D eigenvalue weighted by Crippen LogP contribution is 2.18. The molecule has 0 aliphatic carbocycles. The third-order valence-electron chi connectivity index (χ3n) is 3.27. The SMILES string of the molecule is CC(Cn1cncn1)NCc1cn(-c2ccc(F)c(Cl)c2)nn1. The summed E-state index contributed by atoms with van der Waals surface area (Å²) < 4.78 is 16.5. The first kappa shape index (κ1) is 15.6. The molecule has 1 N–H and O–H groups in total. The molecule has 0 aliphatic heterocycles. The number of hydrogen-bond acceptors (Lipinski definition) is 5. The third kappa shape index (κ3) is 3.91. The van der Waals surface area contributed by atoms with Crippen LogP contribution in [0.3, 0.4) is 0 Å². The van der Waals surface area contributed by atoms with Gasteiger partial charge in [-0.05, 0) is 25.1 Å². The van der Waals surface area contributed by atoms with Gasteiger partial charge in [-0.1, -0.05) is 16.8 Å². The zero-order valence-electron chi connectivity index (χ0n) is 12.4. The predicted octanol–water partition coefficient (Wildman–Crippen LogP) is 1.83. The van der Waals surface area contributed by atoms with Crippen molar-refractivity contribution in [3.05, 3.63) is 53.6 Å². The van der Waals surface area contributed by atoms with Gasteiger partial charge in [0.25, 0.3) is 0 Å². The Morgan fingerprint density at radius 1 is 1.39 bits per heavy atom. The van der Waals surface area contributed by atoms with E-state index in [2.05, 4.69) is 25.7 Å². The quantitative estimate of drug-likeness (QED) is 0.744. The fourth-order valence-corrected chi connectivity index (χ4v) is 2.26. The van der Waals surface area contributed by atoms with Gasteiger partial charge in [0, 0.05) is 12.6 Å². The van der Waals surface area contributed by atoms with Crippen LogP contribution in [-0.4, -0.2) is 35.8 Å². The van der Waals surface area contributed by atoms with Crippen LogP contribution >= 0.6 is 11.6 Å². The molecule has 0 saturated carbocycles. The molecule has 3 rings (SSSR count).